The average Bonchev–Trinajstić information content (AvgIpc) is 3.08. The molecule has 4 nitrogen and oxygen atoms in total. The third kappa shape index (κ3) is 4.71. The fourth-order valence-electron chi connectivity index (χ4n) is 2.48. The molecule has 23 heavy (non-hydrogen) atoms. The molecule has 0 saturated carbocycles. The number of carbonyl (C=O) groups excluding carboxylic acids is 1. The summed E-state index contributed by atoms with van der Waals surface area (Å²) in [6.07, 6.45) is 1.97. The molecular weight excluding hydrogens is 346 g/mol. The lowest BCUT2D eigenvalue weighted by Crippen LogP contribution is -2.41. The van der Waals surface area contributed by atoms with Gasteiger partial charge in [-0.2, -0.15) is 11.8 Å². The van der Waals surface area contributed by atoms with Crippen LogP contribution in [0.5, 0.6) is 0 Å². The minimum atomic E-state index is 0.0828. The predicted molar refractivity (Wildman–Crippen MR) is 101 cm³/mol. The van der Waals surface area contributed by atoms with Gasteiger partial charge >= 0.3 is 6.03 Å². The Kier molecular flexibility index (Phi) is 5.96. The molecule has 1 N–H and O–H groups in total. The van der Waals surface area contributed by atoms with Crippen molar-refractivity contribution in [3.63, 3.8) is 0 Å². The summed E-state index contributed by atoms with van der Waals surface area (Å²) in [6, 6.07) is 4.35. The predicted octanol–water partition coefficient (Wildman–Crippen LogP) is 3.87. The SMILES string of the molecule is Cc1nc(-c2ccc(CCNC(=O)N3CCCSCC3)s2)cs1. The van der Waals surface area contributed by atoms with Crippen LogP contribution < -0.4 is 5.32 Å². The van der Waals surface area contributed by atoms with Crippen molar-refractivity contribution in [2.75, 3.05) is 31.1 Å². The van der Waals surface area contributed by atoms with Gasteiger partial charge in [-0.3, -0.25) is 0 Å². The molecule has 7 heteroatoms. The molecular formula is C16H21N3OS3. The van der Waals surface area contributed by atoms with Crippen molar-refractivity contribution in [1.29, 1.82) is 0 Å². The Morgan fingerprint density at radius 2 is 2.26 bits per heavy atom. The molecule has 0 unspecified atom stereocenters. The van der Waals surface area contributed by atoms with E-state index in [1.54, 1.807) is 22.7 Å². The molecule has 1 aliphatic heterocycles. The number of hydrogen-bond donors (Lipinski definition) is 1. The van der Waals surface area contributed by atoms with Crippen molar-refractivity contribution >= 4 is 40.5 Å². The molecule has 2 aromatic heterocycles. The molecule has 1 fully saturated rings. The highest BCUT2D eigenvalue weighted by molar-refractivity contribution is 7.99. The second-order valence-corrected chi connectivity index (χ2v) is 8.91. The number of thioether (sulfide) groups is 1. The fraction of sp³-hybridized carbons (Fsp3) is 0.500. The molecule has 0 atom stereocenters. The van der Waals surface area contributed by atoms with Crippen molar-refractivity contribution in [2.45, 2.75) is 19.8 Å². The van der Waals surface area contributed by atoms with Crippen molar-refractivity contribution in [2.24, 2.45) is 0 Å². The first-order valence-corrected chi connectivity index (χ1v) is 10.7. The first kappa shape index (κ1) is 16.8. The van der Waals surface area contributed by atoms with E-state index in [9.17, 15) is 4.79 Å². The van der Waals surface area contributed by atoms with Crippen molar-refractivity contribution in [3.8, 4) is 10.6 Å². The number of aryl methyl sites for hydroxylation is 1. The molecule has 1 aliphatic rings. The Balaban J connectivity index is 1.47. The zero-order valence-electron chi connectivity index (χ0n) is 13.2. The summed E-state index contributed by atoms with van der Waals surface area (Å²) >= 11 is 5.38. The van der Waals surface area contributed by atoms with Gasteiger partial charge in [-0.15, -0.1) is 22.7 Å². The smallest absolute Gasteiger partial charge is 0.317 e. The summed E-state index contributed by atoms with van der Waals surface area (Å²) < 4.78 is 0. The number of rotatable bonds is 4. The Morgan fingerprint density at radius 3 is 3.09 bits per heavy atom. The highest BCUT2D eigenvalue weighted by atomic mass is 32.2. The minimum absolute atomic E-state index is 0.0828. The number of urea groups is 1. The summed E-state index contributed by atoms with van der Waals surface area (Å²) in [5.74, 6) is 2.21. The molecule has 0 spiro atoms. The third-order valence-corrected chi connectivity index (χ3v) is 6.68. The highest BCUT2D eigenvalue weighted by Crippen LogP contribution is 2.29. The van der Waals surface area contributed by atoms with Crippen molar-refractivity contribution < 1.29 is 4.79 Å². The van der Waals surface area contributed by atoms with Gasteiger partial charge in [0.25, 0.3) is 0 Å². The Labute approximate surface area is 149 Å². The van der Waals surface area contributed by atoms with E-state index in [1.807, 2.05) is 23.6 Å². The Morgan fingerprint density at radius 1 is 1.35 bits per heavy atom. The van der Waals surface area contributed by atoms with Crippen LogP contribution in [0.4, 0.5) is 4.79 Å². The lowest BCUT2D eigenvalue weighted by Gasteiger charge is -2.20. The summed E-state index contributed by atoms with van der Waals surface area (Å²) in [4.78, 5) is 21.1. The topological polar surface area (TPSA) is 45.2 Å². The summed E-state index contributed by atoms with van der Waals surface area (Å²) in [5.41, 5.74) is 1.06. The van der Waals surface area contributed by atoms with Crippen LogP contribution in [-0.2, 0) is 6.42 Å². The maximum Gasteiger partial charge on any atom is 0.317 e. The molecule has 0 aromatic carbocycles. The van der Waals surface area contributed by atoms with Crippen LogP contribution in [0.15, 0.2) is 17.5 Å². The zero-order valence-corrected chi connectivity index (χ0v) is 15.7. The van der Waals surface area contributed by atoms with Crippen molar-refractivity contribution in [3.05, 3.63) is 27.4 Å². The molecule has 0 aliphatic carbocycles. The van der Waals surface area contributed by atoms with E-state index in [2.05, 4.69) is 27.8 Å². The lowest BCUT2D eigenvalue weighted by molar-refractivity contribution is 0.202. The summed E-state index contributed by atoms with van der Waals surface area (Å²) in [6.45, 7) is 4.46. The highest BCUT2D eigenvalue weighted by Gasteiger charge is 2.15. The van der Waals surface area contributed by atoms with E-state index >= 15 is 0 Å². The summed E-state index contributed by atoms with van der Waals surface area (Å²) in [7, 11) is 0. The van der Waals surface area contributed by atoms with E-state index in [1.165, 1.54) is 9.75 Å². The second kappa shape index (κ2) is 8.17. The van der Waals surface area contributed by atoms with Gasteiger partial charge < -0.3 is 10.2 Å². The second-order valence-electron chi connectivity index (χ2n) is 5.45. The van der Waals surface area contributed by atoms with Crippen LogP contribution in [0, 0.1) is 6.92 Å². The maximum atomic E-state index is 12.2. The fourth-order valence-corrected chi connectivity index (χ4v) is 5.02. The molecule has 3 rings (SSSR count). The van der Waals surface area contributed by atoms with Crippen LogP contribution in [0.2, 0.25) is 0 Å². The van der Waals surface area contributed by atoms with E-state index in [-0.39, 0.29) is 6.03 Å². The number of hydrogen-bond acceptors (Lipinski definition) is 5. The first-order valence-electron chi connectivity index (χ1n) is 7.84. The van der Waals surface area contributed by atoms with Gasteiger partial charge in [0, 0.05) is 35.6 Å². The summed E-state index contributed by atoms with van der Waals surface area (Å²) in [5, 5.41) is 6.25. The van der Waals surface area contributed by atoms with Gasteiger partial charge in [-0.25, -0.2) is 9.78 Å². The van der Waals surface area contributed by atoms with Crippen LogP contribution >= 0.6 is 34.4 Å². The van der Waals surface area contributed by atoms with Crippen LogP contribution in [0.25, 0.3) is 10.6 Å². The quantitative estimate of drug-likeness (QED) is 0.892. The number of amides is 2. The van der Waals surface area contributed by atoms with Gasteiger partial charge in [-0.05, 0) is 37.7 Å². The molecule has 0 radical (unpaired) electrons. The normalized spacial score (nSPS) is 15.4. The maximum absolute atomic E-state index is 12.2. The lowest BCUT2D eigenvalue weighted by atomic mass is 10.3. The number of nitrogens with zero attached hydrogens (tertiary/aromatic N) is 2. The van der Waals surface area contributed by atoms with Gasteiger partial charge in [-0.1, -0.05) is 0 Å². The van der Waals surface area contributed by atoms with Gasteiger partial charge in [0.2, 0.25) is 0 Å². The monoisotopic (exact) mass is 367 g/mol. The van der Waals surface area contributed by atoms with Gasteiger partial charge in [0.15, 0.2) is 0 Å². The number of aromatic nitrogens is 1. The minimum Gasteiger partial charge on any atom is -0.338 e. The Bertz CT molecular complexity index is 645. The number of nitrogens with one attached hydrogen (secondary N) is 1. The van der Waals surface area contributed by atoms with Crippen LogP contribution in [-0.4, -0.2) is 47.1 Å². The average molecular weight is 368 g/mol. The van der Waals surface area contributed by atoms with E-state index in [0.29, 0.717) is 6.54 Å². The molecule has 0 bridgehead atoms. The Hall–Kier alpha value is -1.05. The van der Waals surface area contributed by atoms with Gasteiger partial charge in [0.1, 0.15) is 0 Å². The molecule has 3 heterocycles. The van der Waals surface area contributed by atoms with Crippen LogP contribution in [0.1, 0.15) is 16.3 Å². The standard InChI is InChI=1S/C16H21N3OS3/c1-12-18-14(11-22-12)15-4-3-13(23-15)5-6-17-16(20)19-7-2-9-21-10-8-19/h3-4,11H,2,5-10H2,1H3,(H,17,20). The van der Waals surface area contributed by atoms with E-state index in [0.717, 1.165) is 48.1 Å². The molecule has 1 saturated heterocycles. The number of thiazole rings is 1. The van der Waals surface area contributed by atoms with Crippen molar-refractivity contribution in [1.82, 2.24) is 15.2 Å². The third-order valence-electron chi connectivity index (χ3n) is 3.69. The largest absolute Gasteiger partial charge is 0.338 e. The number of carbonyl (C=O) groups is 1. The first-order chi connectivity index (χ1) is 11.2. The van der Waals surface area contributed by atoms with Crippen LogP contribution in [0.3, 0.4) is 0 Å². The molecule has 124 valence electrons. The molecule has 2 aromatic rings. The van der Waals surface area contributed by atoms with Gasteiger partial charge in [0.05, 0.1) is 15.6 Å². The zero-order chi connectivity index (χ0) is 16.1. The molecule has 2 amide bonds. The van der Waals surface area contributed by atoms with E-state index < -0.39 is 0 Å². The van der Waals surface area contributed by atoms with E-state index in [4.69, 9.17) is 0 Å². The number of thiophene rings is 1.